The van der Waals surface area contributed by atoms with E-state index < -0.39 is 0 Å². The van der Waals surface area contributed by atoms with Gasteiger partial charge in [-0.15, -0.1) is 0 Å². The van der Waals surface area contributed by atoms with E-state index in [1.54, 1.807) is 12.1 Å². The van der Waals surface area contributed by atoms with Gasteiger partial charge in [-0.1, -0.05) is 31.5 Å². The first-order valence-electron chi connectivity index (χ1n) is 8.00. The summed E-state index contributed by atoms with van der Waals surface area (Å²) in [5, 5.41) is 2.89. The second-order valence-corrected chi connectivity index (χ2v) is 5.11. The molecule has 0 aliphatic rings. The number of nitrogens with one attached hydrogen (secondary N) is 1. The molecule has 0 unspecified atom stereocenters. The number of anilines is 1. The van der Waals surface area contributed by atoms with Gasteiger partial charge in [0.05, 0.1) is 18.8 Å². The fraction of sp³-hybridized carbons (Fsp3) is 0.316. The van der Waals surface area contributed by atoms with Gasteiger partial charge in [0, 0.05) is 11.8 Å². The maximum absolute atomic E-state index is 12.4. The first-order valence-corrected chi connectivity index (χ1v) is 8.00. The van der Waals surface area contributed by atoms with Crippen LogP contribution in [0.3, 0.4) is 0 Å². The number of rotatable bonds is 8. The Morgan fingerprint density at radius 1 is 1.04 bits per heavy atom. The summed E-state index contributed by atoms with van der Waals surface area (Å²) in [5.74, 6) is 1.15. The van der Waals surface area contributed by atoms with Crippen molar-refractivity contribution >= 4 is 11.6 Å². The summed E-state index contributed by atoms with van der Waals surface area (Å²) in [7, 11) is 0. The molecule has 122 valence electrons. The van der Waals surface area contributed by atoms with Crippen LogP contribution >= 0.6 is 0 Å². The van der Waals surface area contributed by atoms with Crippen LogP contribution in [0.2, 0.25) is 0 Å². The molecule has 2 aromatic rings. The lowest BCUT2D eigenvalue weighted by Crippen LogP contribution is -2.13. The van der Waals surface area contributed by atoms with Crippen LogP contribution in [0.1, 0.15) is 37.0 Å². The highest BCUT2D eigenvalue weighted by atomic mass is 16.5. The normalized spacial score (nSPS) is 10.2. The zero-order valence-corrected chi connectivity index (χ0v) is 13.7. The first kappa shape index (κ1) is 16.9. The van der Waals surface area contributed by atoms with E-state index in [0.717, 1.165) is 18.6 Å². The molecule has 0 fully saturated rings. The van der Waals surface area contributed by atoms with Gasteiger partial charge in [0.2, 0.25) is 0 Å². The molecular formula is C19H23NO3. The van der Waals surface area contributed by atoms with Gasteiger partial charge < -0.3 is 14.8 Å². The molecule has 0 saturated heterocycles. The number of carbonyl (C=O) groups excluding carboxylic acids is 1. The van der Waals surface area contributed by atoms with E-state index in [4.69, 9.17) is 9.47 Å². The topological polar surface area (TPSA) is 47.6 Å². The van der Waals surface area contributed by atoms with Crippen molar-refractivity contribution in [3.8, 4) is 11.5 Å². The monoisotopic (exact) mass is 313 g/mol. The molecule has 0 aliphatic heterocycles. The highest BCUT2D eigenvalue weighted by Crippen LogP contribution is 2.22. The molecule has 2 rings (SSSR count). The second-order valence-electron chi connectivity index (χ2n) is 5.11. The van der Waals surface area contributed by atoms with E-state index in [1.807, 2.05) is 43.3 Å². The van der Waals surface area contributed by atoms with Crippen molar-refractivity contribution in [2.24, 2.45) is 0 Å². The van der Waals surface area contributed by atoms with Gasteiger partial charge in [-0.05, 0) is 37.6 Å². The number of amides is 1. The molecule has 0 spiro atoms. The Balaban J connectivity index is 2.07. The number of unbranched alkanes of at least 4 members (excludes halogenated alkanes) is 1. The Kier molecular flexibility index (Phi) is 6.48. The zero-order chi connectivity index (χ0) is 16.5. The standard InChI is InChI=1S/C19H23NO3/c1-3-5-13-23-16-10-8-9-15(14-16)20-19(21)17-11-6-7-12-18(17)22-4-2/h6-12,14H,3-5,13H2,1-2H3,(H,20,21). The Morgan fingerprint density at radius 2 is 1.87 bits per heavy atom. The molecule has 1 amide bonds. The van der Waals surface area contributed by atoms with Crippen molar-refractivity contribution in [2.45, 2.75) is 26.7 Å². The lowest BCUT2D eigenvalue weighted by molar-refractivity contribution is 0.102. The molecule has 1 N–H and O–H groups in total. The van der Waals surface area contributed by atoms with Crippen LogP contribution in [0, 0.1) is 0 Å². The van der Waals surface area contributed by atoms with Gasteiger partial charge in [-0.25, -0.2) is 0 Å². The smallest absolute Gasteiger partial charge is 0.259 e. The van der Waals surface area contributed by atoms with E-state index in [1.165, 1.54) is 0 Å². The van der Waals surface area contributed by atoms with Crippen molar-refractivity contribution in [3.05, 3.63) is 54.1 Å². The molecule has 0 saturated carbocycles. The Hall–Kier alpha value is -2.49. The second kappa shape index (κ2) is 8.83. The average molecular weight is 313 g/mol. The van der Waals surface area contributed by atoms with E-state index >= 15 is 0 Å². The summed E-state index contributed by atoms with van der Waals surface area (Å²) in [6.07, 6.45) is 2.10. The fourth-order valence-corrected chi connectivity index (χ4v) is 2.13. The molecule has 23 heavy (non-hydrogen) atoms. The van der Waals surface area contributed by atoms with Gasteiger partial charge in [0.15, 0.2) is 0 Å². The number of hydrogen-bond acceptors (Lipinski definition) is 3. The summed E-state index contributed by atoms with van der Waals surface area (Å²) in [6.45, 7) is 5.22. The Labute approximate surface area is 137 Å². The van der Waals surface area contributed by atoms with E-state index in [9.17, 15) is 4.79 Å². The Morgan fingerprint density at radius 3 is 2.65 bits per heavy atom. The predicted molar refractivity (Wildman–Crippen MR) is 92.4 cm³/mol. The van der Waals surface area contributed by atoms with Crippen LogP contribution in [0.25, 0.3) is 0 Å². The third kappa shape index (κ3) is 5.02. The summed E-state index contributed by atoms with van der Waals surface area (Å²) in [5.41, 5.74) is 1.22. The molecule has 0 aromatic heterocycles. The van der Waals surface area contributed by atoms with Crippen molar-refractivity contribution < 1.29 is 14.3 Å². The van der Waals surface area contributed by atoms with Gasteiger partial charge in [-0.3, -0.25) is 4.79 Å². The highest BCUT2D eigenvalue weighted by Gasteiger charge is 2.12. The maximum atomic E-state index is 12.4. The minimum absolute atomic E-state index is 0.195. The Bertz CT molecular complexity index is 640. The molecular weight excluding hydrogens is 290 g/mol. The maximum Gasteiger partial charge on any atom is 0.259 e. The number of carbonyl (C=O) groups is 1. The van der Waals surface area contributed by atoms with Crippen molar-refractivity contribution in [1.29, 1.82) is 0 Å². The lowest BCUT2D eigenvalue weighted by Gasteiger charge is -2.11. The first-order chi connectivity index (χ1) is 11.2. The van der Waals surface area contributed by atoms with Crippen LogP contribution < -0.4 is 14.8 Å². The highest BCUT2D eigenvalue weighted by molar-refractivity contribution is 6.06. The van der Waals surface area contributed by atoms with Gasteiger partial charge >= 0.3 is 0 Å². The molecule has 0 heterocycles. The number of hydrogen-bond donors (Lipinski definition) is 1. The average Bonchev–Trinajstić information content (AvgIpc) is 2.56. The molecule has 0 aliphatic carbocycles. The van der Waals surface area contributed by atoms with Crippen LogP contribution in [0.15, 0.2) is 48.5 Å². The van der Waals surface area contributed by atoms with Crippen LogP contribution in [-0.2, 0) is 0 Å². The minimum atomic E-state index is -0.195. The summed E-state index contributed by atoms with van der Waals surface area (Å²) >= 11 is 0. The van der Waals surface area contributed by atoms with Gasteiger partial charge in [-0.2, -0.15) is 0 Å². The summed E-state index contributed by atoms with van der Waals surface area (Å²) in [4.78, 5) is 12.4. The molecule has 2 aromatic carbocycles. The van der Waals surface area contributed by atoms with Crippen LogP contribution in [0.4, 0.5) is 5.69 Å². The minimum Gasteiger partial charge on any atom is -0.494 e. The SMILES string of the molecule is CCCCOc1cccc(NC(=O)c2ccccc2OCC)c1. The number of benzene rings is 2. The van der Waals surface area contributed by atoms with Crippen molar-refractivity contribution in [2.75, 3.05) is 18.5 Å². The molecule has 0 bridgehead atoms. The van der Waals surface area contributed by atoms with Crippen LogP contribution in [-0.4, -0.2) is 19.1 Å². The fourth-order valence-electron chi connectivity index (χ4n) is 2.13. The third-order valence-electron chi connectivity index (χ3n) is 3.29. The summed E-state index contributed by atoms with van der Waals surface area (Å²) in [6, 6.07) is 14.6. The van der Waals surface area contributed by atoms with E-state index in [-0.39, 0.29) is 5.91 Å². The van der Waals surface area contributed by atoms with Crippen molar-refractivity contribution in [1.82, 2.24) is 0 Å². The zero-order valence-electron chi connectivity index (χ0n) is 13.7. The molecule has 4 heteroatoms. The molecule has 4 nitrogen and oxygen atoms in total. The van der Waals surface area contributed by atoms with Crippen LogP contribution in [0.5, 0.6) is 11.5 Å². The molecule has 0 atom stereocenters. The van der Waals surface area contributed by atoms with E-state index in [0.29, 0.717) is 30.2 Å². The van der Waals surface area contributed by atoms with Crippen molar-refractivity contribution in [3.63, 3.8) is 0 Å². The van der Waals surface area contributed by atoms with E-state index in [2.05, 4.69) is 12.2 Å². The largest absolute Gasteiger partial charge is 0.494 e. The lowest BCUT2D eigenvalue weighted by atomic mass is 10.2. The quantitative estimate of drug-likeness (QED) is 0.729. The van der Waals surface area contributed by atoms with Gasteiger partial charge in [0.1, 0.15) is 11.5 Å². The summed E-state index contributed by atoms with van der Waals surface area (Å²) < 4.78 is 11.2. The third-order valence-corrected chi connectivity index (χ3v) is 3.29. The number of para-hydroxylation sites is 1. The predicted octanol–water partition coefficient (Wildman–Crippen LogP) is 4.52. The molecule has 0 radical (unpaired) electrons. The number of ether oxygens (including phenoxy) is 2. The van der Waals surface area contributed by atoms with Gasteiger partial charge in [0.25, 0.3) is 5.91 Å².